The van der Waals surface area contributed by atoms with Gasteiger partial charge in [0.1, 0.15) is 12.7 Å². The molecule has 0 radical (unpaired) electrons. The van der Waals surface area contributed by atoms with Gasteiger partial charge < -0.3 is 9.47 Å². The third-order valence-electron chi connectivity index (χ3n) is 0.981. The van der Waals surface area contributed by atoms with Crippen molar-refractivity contribution < 1.29 is 14.3 Å². The lowest BCUT2D eigenvalue weighted by Gasteiger charge is -1.94. The van der Waals surface area contributed by atoms with Crippen molar-refractivity contribution in [3.8, 4) is 0 Å². The zero-order valence-corrected chi connectivity index (χ0v) is 6.41. The standard InChI is InChI=1S/C6H8O3.C2H4/c1-2-6(7)9-4-5-3-8-5;1-2/h2,5H,1,3-4H2;1-2H2. The number of carbonyl (C=O) groups is 1. The highest BCUT2D eigenvalue weighted by Gasteiger charge is 2.23. The summed E-state index contributed by atoms with van der Waals surface area (Å²) in [6, 6.07) is 0. The molecule has 1 fully saturated rings. The second-order valence-electron chi connectivity index (χ2n) is 1.79. The summed E-state index contributed by atoms with van der Waals surface area (Å²) < 4.78 is 9.42. The first-order valence-electron chi connectivity index (χ1n) is 3.23. The molecule has 1 atom stereocenters. The monoisotopic (exact) mass is 156 g/mol. The summed E-state index contributed by atoms with van der Waals surface area (Å²) >= 11 is 0. The van der Waals surface area contributed by atoms with Gasteiger partial charge in [-0.2, -0.15) is 0 Å². The lowest BCUT2D eigenvalue weighted by Crippen LogP contribution is -2.06. The largest absolute Gasteiger partial charge is 0.460 e. The van der Waals surface area contributed by atoms with Gasteiger partial charge in [-0.1, -0.05) is 6.58 Å². The molecule has 1 rings (SSSR count). The van der Waals surface area contributed by atoms with Crippen molar-refractivity contribution in [3.63, 3.8) is 0 Å². The third kappa shape index (κ3) is 5.36. The van der Waals surface area contributed by atoms with E-state index in [0.29, 0.717) is 13.2 Å². The summed E-state index contributed by atoms with van der Waals surface area (Å²) in [4.78, 5) is 10.3. The maximum absolute atomic E-state index is 10.3. The Balaban J connectivity index is 0.000000461. The summed E-state index contributed by atoms with van der Waals surface area (Å²) in [6.45, 7) is 10.3. The van der Waals surface area contributed by atoms with Gasteiger partial charge in [-0.15, -0.1) is 13.2 Å². The van der Waals surface area contributed by atoms with Crippen LogP contribution in [0.5, 0.6) is 0 Å². The van der Waals surface area contributed by atoms with E-state index in [1.54, 1.807) is 0 Å². The normalized spacial score (nSPS) is 19.1. The van der Waals surface area contributed by atoms with E-state index in [0.717, 1.165) is 6.08 Å². The van der Waals surface area contributed by atoms with Crippen LogP contribution in [0, 0.1) is 0 Å². The second-order valence-corrected chi connectivity index (χ2v) is 1.79. The molecule has 0 saturated carbocycles. The number of ether oxygens (including phenoxy) is 2. The van der Waals surface area contributed by atoms with E-state index in [4.69, 9.17) is 4.74 Å². The molecule has 11 heavy (non-hydrogen) atoms. The lowest BCUT2D eigenvalue weighted by molar-refractivity contribution is -0.138. The lowest BCUT2D eigenvalue weighted by atomic mass is 10.5. The Kier molecular flexibility index (Phi) is 5.11. The molecule has 1 unspecified atom stereocenters. The molecule has 0 spiro atoms. The molecule has 0 amide bonds. The molecule has 0 N–H and O–H groups in total. The van der Waals surface area contributed by atoms with Crippen LogP contribution < -0.4 is 0 Å². The highest BCUT2D eigenvalue weighted by Crippen LogP contribution is 2.08. The minimum Gasteiger partial charge on any atom is -0.460 e. The van der Waals surface area contributed by atoms with E-state index in [9.17, 15) is 4.79 Å². The molecule has 1 heterocycles. The van der Waals surface area contributed by atoms with Crippen LogP contribution in [0.1, 0.15) is 0 Å². The van der Waals surface area contributed by atoms with E-state index < -0.39 is 0 Å². The Morgan fingerprint density at radius 1 is 1.73 bits per heavy atom. The highest BCUT2D eigenvalue weighted by atomic mass is 16.6. The molecule has 62 valence electrons. The van der Waals surface area contributed by atoms with E-state index in [1.165, 1.54) is 0 Å². The topological polar surface area (TPSA) is 38.8 Å². The summed E-state index contributed by atoms with van der Waals surface area (Å²) in [7, 11) is 0. The Bertz CT molecular complexity index is 138. The number of hydrogen-bond donors (Lipinski definition) is 0. The SMILES string of the molecule is C=C.C=CC(=O)OCC1CO1. The average molecular weight is 156 g/mol. The molecule has 0 aromatic heterocycles. The number of epoxide rings is 1. The number of carbonyl (C=O) groups excluding carboxylic acids is 1. The molecule has 3 heteroatoms. The maximum atomic E-state index is 10.3. The van der Waals surface area contributed by atoms with Crippen molar-refractivity contribution in [2.24, 2.45) is 0 Å². The average Bonchev–Trinajstić information content (AvgIpc) is 2.87. The fraction of sp³-hybridized carbons (Fsp3) is 0.375. The van der Waals surface area contributed by atoms with Crippen LogP contribution in [0.15, 0.2) is 25.8 Å². The van der Waals surface area contributed by atoms with Crippen LogP contribution in [0.25, 0.3) is 0 Å². The van der Waals surface area contributed by atoms with Crippen LogP contribution in [-0.2, 0) is 14.3 Å². The summed E-state index contributed by atoms with van der Waals surface area (Å²) in [5, 5.41) is 0. The van der Waals surface area contributed by atoms with Gasteiger partial charge in [-0.25, -0.2) is 4.79 Å². The molecule has 0 bridgehead atoms. The van der Waals surface area contributed by atoms with Crippen molar-refractivity contribution in [1.29, 1.82) is 0 Å². The Hall–Kier alpha value is -1.09. The van der Waals surface area contributed by atoms with Crippen LogP contribution in [-0.4, -0.2) is 25.3 Å². The predicted octanol–water partition coefficient (Wildman–Crippen LogP) is 0.917. The van der Waals surface area contributed by atoms with Gasteiger partial charge in [0.25, 0.3) is 0 Å². The van der Waals surface area contributed by atoms with Crippen molar-refractivity contribution in [3.05, 3.63) is 25.8 Å². The van der Waals surface area contributed by atoms with Gasteiger partial charge >= 0.3 is 5.97 Å². The molecule has 1 aliphatic heterocycles. The molecule has 1 saturated heterocycles. The minimum atomic E-state index is -0.384. The fourth-order valence-electron chi connectivity index (χ4n) is 0.398. The zero-order valence-electron chi connectivity index (χ0n) is 6.41. The Morgan fingerprint density at radius 3 is 2.64 bits per heavy atom. The highest BCUT2D eigenvalue weighted by molar-refractivity contribution is 5.81. The van der Waals surface area contributed by atoms with Crippen molar-refractivity contribution in [2.45, 2.75) is 6.10 Å². The van der Waals surface area contributed by atoms with Crippen LogP contribution >= 0.6 is 0 Å². The zero-order chi connectivity index (χ0) is 8.69. The first-order chi connectivity index (χ1) is 5.33. The van der Waals surface area contributed by atoms with Gasteiger partial charge in [-0.3, -0.25) is 0 Å². The van der Waals surface area contributed by atoms with Crippen molar-refractivity contribution in [2.75, 3.05) is 13.2 Å². The van der Waals surface area contributed by atoms with E-state index in [2.05, 4.69) is 24.5 Å². The van der Waals surface area contributed by atoms with Gasteiger partial charge in [0, 0.05) is 6.08 Å². The molecule has 1 aliphatic rings. The first kappa shape index (κ1) is 9.91. The van der Waals surface area contributed by atoms with Gasteiger partial charge in [-0.05, 0) is 0 Å². The molecular formula is C8H12O3. The molecule has 0 aliphatic carbocycles. The number of hydrogen-bond acceptors (Lipinski definition) is 3. The van der Waals surface area contributed by atoms with Crippen molar-refractivity contribution in [1.82, 2.24) is 0 Å². The van der Waals surface area contributed by atoms with Crippen LogP contribution in [0.4, 0.5) is 0 Å². The second kappa shape index (κ2) is 5.68. The quantitative estimate of drug-likeness (QED) is 0.264. The van der Waals surface area contributed by atoms with Crippen LogP contribution in [0.3, 0.4) is 0 Å². The minimum absolute atomic E-state index is 0.147. The van der Waals surface area contributed by atoms with Crippen LogP contribution in [0.2, 0.25) is 0 Å². The summed E-state index contributed by atoms with van der Waals surface area (Å²) in [5.74, 6) is -0.384. The number of esters is 1. The first-order valence-corrected chi connectivity index (χ1v) is 3.23. The molecule has 0 aromatic rings. The van der Waals surface area contributed by atoms with E-state index in [1.807, 2.05) is 0 Å². The fourth-order valence-corrected chi connectivity index (χ4v) is 0.398. The Labute approximate surface area is 66.3 Å². The summed E-state index contributed by atoms with van der Waals surface area (Å²) in [5.41, 5.74) is 0. The molecule has 3 nitrogen and oxygen atoms in total. The van der Waals surface area contributed by atoms with Gasteiger partial charge in [0.15, 0.2) is 0 Å². The van der Waals surface area contributed by atoms with E-state index >= 15 is 0 Å². The summed E-state index contributed by atoms with van der Waals surface area (Å²) in [6.07, 6.45) is 1.29. The molecular weight excluding hydrogens is 144 g/mol. The van der Waals surface area contributed by atoms with Gasteiger partial charge in [0.2, 0.25) is 0 Å². The van der Waals surface area contributed by atoms with Gasteiger partial charge in [0.05, 0.1) is 6.61 Å². The predicted molar refractivity (Wildman–Crippen MR) is 42.2 cm³/mol. The smallest absolute Gasteiger partial charge is 0.330 e. The maximum Gasteiger partial charge on any atom is 0.330 e. The van der Waals surface area contributed by atoms with Crippen molar-refractivity contribution >= 4 is 5.97 Å². The Morgan fingerprint density at radius 2 is 2.27 bits per heavy atom. The van der Waals surface area contributed by atoms with E-state index in [-0.39, 0.29) is 12.1 Å². The third-order valence-corrected chi connectivity index (χ3v) is 0.981. The molecule has 0 aromatic carbocycles. The number of rotatable bonds is 3.